The van der Waals surface area contributed by atoms with Gasteiger partial charge in [-0.05, 0) is 85.0 Å². The molecule has 0 amide bonds. The van der Waals surface area contributed by atoms with Crippen LogP contribution in [0, 0.1) is 17.3 Å². The number of fused-ring (bicyclic) bond motifs is 5. The summed E-state index contributed by atoms with van der Waals surface area (Å²) >= 11 is 0. The lowest BCUT2D eigenvalue weighted by atomic mass is 9.55. The summed E-state index contributed by atoms with van der Waals surface area (Å²) in [6.07, 6.45) is -2.82. The van der Waals surface area contributed by atoms with Crippen LogP contribution in [0.15, 0.2) is 12.1 Å². The molecule has 2 saturated carbocycles. The molecule has 0 aromatic heterocycles. The predicted molar refractivity (Wildman–Crippen MR) is 119 cm³/mol. The van der Waals surface area contributed by atoms with Crippen LogP contribution in [0.5, 0.6) is 11.5 Å². The van der Waals surface area contributed by atoms with E-state index >= 15 is 0 Å². The fraction of sp³-hybridized carbons (Fsp3) is 0.720. The molecule has 1 unspecified atom stereocenters. The van der Waals surface area contributed by atoms with Crippen LogP contribution < -0.4 is 9.47 Å². The highest BCUT2D eigenvalue weighted by Crippen LogP contribution is 2.61. The smallest absolute Gasteiger partial charge is 0.335 e. The second kappa shape index (κ2) is 8.64. The summed E-state index contributed by atoms with van der Waals surface area (Å²) in [5, 5.41) is 50.3. The molecule has 1 saturated heterocycles. The minimum atomic E-state index is -1.78. The summed E-state index contributed by atoms with van der Waals surface area (Å²) in [7, 11) is 1.51. The lowest BCUT2D eigenvalue weighted by Crippen LogP contribution is -2.61. The largest absolute Gasteiger partial charge is 0.493 e. The molecule has 1 aromatic rings. The zero-order valence-electron chi connectivity index (χ0n) is 19.5. The van der Waals surface area contributed by atoms with Crippen LogP contribution in [0.4, 0.5) is 0 Å². The number of aliphatic carboxylic acids is 1. The van der Waals surface area contributed by atoms with Gasteiger partial charge in [-0.25, -0.2) is 4.79 Å². The van der Waals surface area contributed by atoms with Crippen molar-refractivity contribution in [1.82, 2.24) is 0 Å². The summed E-state index contributed by atoms with van der Waals surface area (Å²) in [6.45, 7) is 2.24. The average Bonchev–Trinajstić information content (AvgIpc) is 3.12. The maximum absolute atomic E-state index is 11.4. The van der Waals surface area contributed by atoms with Gasteiger partial charge in [-0.15, -0.1) is 0 Å². The van der Waals surface area contributed by atoms with Crippen molar-refractivity contribution in [2.45, 2.75) is 88.2 Å². The molecule has 4 aliphatic rings. The van der Waals surface area contributed by atoms with Gasteiger partial charge in [-0.2, -0.15) is 0 Å². The normalized spacial score (nSPS) is 43.4. The highest BCUT2D eigenvalue weighted by atomic mass is 16.7. The molecule has 0 bridgehead atoms. The Morgan fingerprint density at radius 2 is 1.79 bits per heavy atom. The number of ether oxygens (including phenoxy) is 3. The van der Waals surface area contributed by atoms with Crippen molar-refractivity contribution in [3.8, 4) is 11.5 Å². The van der Waals surface area contributed by atoms with Gasteiger partial charge < -0.3 is 39.7 Å². The van der Waals surface area contributed by atoms with Crippen LogP contribution >= 0.6 is 0 Å². The first-order valence-corrected chi connectivity index (χ1v) is 12.1. The predicted octanol–water partition coefficient (Wildman–Crippen LogP) is 1.18. The zero-order chi connectivity index (χ0) is 24.4. The van der Waals surface area contributed by atoms with E-state index in [1.165, 1.54) is 12.7 Å². The molecule has 1 aromatic carbocycles. The van der Waals surface area contributed by atoms with Crippen molar-refractivity contribution in [2.24, 2.45) is 17.3 Å². The molecular formula is C25H34O9. The van der Waals surface area contributed by atoms with Gasteiger partial charge in [0.15, 0.2) is 17.6 Å². The van der Waals surface area contributed by atoms with Gasteiger partial charge in [0.2, 0.25) is 6.29 Å². The third kappa shape index (κ3) is 3.60. The summed E-state index contributed by atoms with van der Waals surface area (Å²) in [5.41, 5.74) is 2.32. The van der Waals surface area contributed by atoms with Crippen molar-refractivity contribution < 1.29 is 44.5 Å². The zero-order valence-corrected chi connectivity index (χ0v) is 19.5. The first-order chi connectivity index (χ1) is 16.2. The van der Waals surface area contributed by atoms with Crippen LogP contribution in [0.2, 0.25) is 0 Å². The number of carbonyl (C=O) groups is 1. The third-order valence-electron chi connectivity index (χ3n) is 9.02. The molecule has 1 heterocycles. The fourth-order valence-electron chi connectivity index (χ4n) is 7.08. The Morgan fingerprint density at radius 1 is 1.03 bits per heavy atom. The molecule has 0 radical (unpaired) electrons. The first kappa shape index (κ1) is 23.8. The second-order valence-corrected chi connectivity index (χ2v) is 10.6. The highest BCUT2D eigenvalue weighted by molar-refractivity contribution is 5.73. The number of aryl methyl sites for hydroxylation is 1. The quantitative estimate of drug-likeness (QED) is 0.431. The van der Waals surface area contributed by atoms with Crippen LogP contribution in [-0.4, -0.2) is 75.4 Å². The molecule has 9 heteroatoms. The Morgan fingerprint density at radius 3 is 2.50 bits per heavy atom. The minimum absolute atomic E-state index is 0.00759. The van der Waals surface area contributed by atoms with Gasteiger partial charge in [-0.3, -0.25) is 0 Å². The van der Waals surface area contributed by atoms with Crippen LogP contribution in [0.3, 0.4) is 0 Å². The number of aliphatic hydroxyl groups is 4. The topological polar surface area (TPSA) is 146 Å². The Bertz CT molecular complexity index is 951. The van der Waals surface area contributed by atoms with Crippen LogP contribution in [-0.2, 0) is 16.0 Å². The van der Waals surface area contributed by atoms with Gasteiger partial charge in [0.05, 0.1) is 13.2 Å². The van der Waals surface area contributed by atoms with Crippen molar-refractivity contribution in [1.29, 1.82) is 0 Å². The molecule has 9 nitrogen and oxygen atoms in total. The molecule has 1 aliphatic heterocycles. The summed E-state index contributed by atoms with van der Waals surface area (Å²) < 4.78 is 16.7. The van der Waals surface area contributed by atoms with Gasteiger partial charge >= 0.3 is 5.97 Å². The number of benzene rings is 1. The lowest BCUT2D eigenvalue weighted by Gasteiger charge is -2.50. The minimum Gasteiger partial charge on any atom is -0.493 e. The van der Waals surface area contributed by atoms with E-state index in [0.717, 1.165) is 44.1 Å². The number of aliphatic hydroxyl groups excluding tert-OH is 4. The van der Waals surface area contributed by atoms with E-state index in [1.54, 1.807) is 0 Å². The number of rotatable bonds is 4. The first-order valence-electron chi connectivity index (χ1n) is 12.1. The molecule has 3 fully saturated rings. The summed E-state index contributed by atoms with van der Waals surface area (Å²) in [6, 6.07) is 3.82. The standard InChI is InChI=1S/C25H34O9/c1-25-8-7-12-13(15(25)5-6-18(25)26)4-3-11-9-17(16(32-2)10-14(11)12)33-24-21(29)19(27)20(28)22(34-24)23(30)31/h9-10,12-13,15,18-22,24,26-29H,3-8H2,1-2H3,(H,30,31)/t12-,13+,15-,18-,19-,20-,21+,22-,24?,25-/m0/s1. The molecule has 188 valence electrons. The second-order valence-electron chi connectivity index (χ2n) is 10.6. The SMILES string of the molecule is COc1cc2c(cc1OC1O[C@H](C(=O)O)[C@@H](O)[C@H](O)[C@H]1O)CC[C@@H]1[C@@H]2CC[C@]2(C)[C@@H](O)CC[C@@H]12. The third-order valence-corrected chi connectivity index (χ3v) is 9.02. The lowest BCUT2D eigenvalue weighted by molar-refractivity contribution is -0.271. The number of hydrogen-bond donors (Lipinski definition) is 5. The Balaban J connectivity index is 1.42. The van der Waals surface area contributed by atoms with E-state index in [4.69, 9.17) is 14.2 Å². The van der Waals surface area contributed by atoms with E-state index in [0.29, 0.717) is 23.5 Å². The van der Waals surface area contributed by atoms with E-state index in [9.17, 15) is 30.3 Å². The van der Waals surface area contributed by atoms with Gasteiger partial charge in [0.1, 0.15) is 18.3 Å². The Kier molecular flexibility index (Phi) is 6.05. The number of methoxy groups -OCH3 is 1. The maximum atomic E-state index is 11.4. The number of hydrogen-bond acceptors (Lipinski definition) is 8. The number of carboxylic acids is 1. The van der Waals surface area contributed by atoms with Crippen molar-refractivity contribution in [3.05, 3.63) is 23.3 Å². The van der Waals surface area contributed by atoms with E-state index in [2.05, 4.69) is 6.92 Å². The van der Waals surface area contributed by atoms with E-state index in [-0.39, 0.29) is 17.3 Å². The van der Waals surface area contributed by atoms with Crippen molar-refractivity contribution in [3.63, 3.8) is 0 Å². The van der Waals surface area contributed by atoms with E-state index in [1.807, 2.05) is 12.1 Å². The Hall–Kier alpha value is -1.91. The Labute approximate surface area is 198 Å². The van der Waals surface area contributed by atoms with Crippen molar-refractivity contribution >= 4 is 5.97 Å². The maximum Gasteiger partial charge on any atom is 0.335 e. The number of carboxylic acid groups (broad SMARTS) is 1. The fourth-order valence-corrected chi connectivity index (χ4v) is 7.08. The van der Waals surface area contributed by atoms with Crippen molar-refractivity contribution in [2.75, 3.05) is 7.11 Å². The van der Waals surface area contributed by atoms with Gasteiger partial charge in [-0.1, -0.05) is 6.92 Å². The van der Waals surface area contributed by atoms with Gasteiger partial charge in [0, 0.05) is 0 Å². The average molecular weight is 479 g/mol. The monoisotopic (exact) mass is 478 g/mol. The van der Waals surface area contributed by atoms with Crippen LogP contribution in [0.25, 0.3) is 0 Å². The molecular weight excluding hydrogens is 444 g/mol. The molecule has 3 aliphatic carbocycles. The molecule has 10 atom stereocenters. The molecule has 5 rings (SSSR count). The molecule has 5 N–H and O–H groups in total. The molecule has 0 spiro atoms. The van der Waals surface area contributed by atoms with Gasteiger partial charge in [0.25, 0.3) is 0 Å². The molecule has 34 heavy (non-hydrogen) atoms. The van der Waals surface area contributed by atoms with E-state index < -0.39 is 36.7 Å². The highest BCUT2D eigenvalue weighted by Gasteiger charge is 2.54. The van der Waals surface area contributed by atoms with Crippen LogP contribution in [0.1, 0.15) is 56.1 Å². The summed E-state index contributed by atoms with van der Waals surface area (Å²) in [4.78, 5) is 11.4. The summed E-state index contributed by atoms with van der Waals surface area (Å²) in [5.74, 6) is 0.645.